The summed E-state index contributed by atoms with van der Waals surface area (Å²) in [6, 6.07) is 6.60. The predicted octanol–water partition coefficient (Wildman–Crippen LogP) is 1.62. The highest BCUT2D eigenvalue weighted by molar-refractivity contribution is 6.08. The first-order chi connectivity index (χ1) is 12.8. The summed E-state index contributed by atoms with van der Waals surface area (Å²) in [4.78, 5) is 49.9. The molecule has 0 saturated carbocycles. The zero-order valence-electron chi connectivity index (χ0n) is 16.3. The van der Waals surface area contributed by atoms with Gasteiger partial charge in [0.25, 0.3) is 0 Å². The minimum Gasteiger partial charge on any atom is -0.497 e. The number of ketones is 4. The van der Waals surface area contributed by atoms with Crippen molar-refractivity contribution in [2.45, 2.75) is 19.8 Å². The van der Waals surface area contributed by atoms with E-state index in [-0.39, 0.29) is 13.2 Å². The lowest BCUT2D eigenvalue weighted by molar-refractivity contribution is -0.139. The zero-order valence-corrected chi connectivity index (χ0v) is 16.3. The molecule has 7 heteroatoms. The fraction of sp³-hybridized carbons (Fsp3) is 0.500. The van der Waals surface area contributed by atoms with E-state index in [1.54, 1.807) is 24.3 Å². The Morgan fingerprint density at radius 1 is 0.778 bits per heavy atom. The SMILES string of the molecule is COCC(=O)C(C(C)=O)C(c1ccc(OC)cc1)C(C(C)=O)C(=O)COC. The molecule has 0 spiro atoms. The lowest BCUT2D eigenvalue weighted by Crippen LogP contribution is -2.41. The van der Waals surface area contributed by atoms with Crippen molar-refractivity contribution in [3.63, 3.8) is 0 Å². The number of rotatable bonds is 12. The van der Waals surface area contributed by atoms with E-state index in [9.17, 15) is 19.2 Å². The van der Waals surface area contributed by atoms with Crippen LogP contribution in [0.25, 0.3) is 0 Å². The van der Waals surface area contributed by atoms with Gasteiger partial charge in [-0.2, -0.15) is 0 Å². The van der Waals surface area contributed by atoms with E-state index in [0.29, 0.717) is 11.3 Å². The lowest BCUT2D eigenvalue weighted by atomic mass is 9.70. The molecule has 0 amide bonds. The first kappa shape index (κ1) is 22.7. The van der Waals surface area contributed by atoms with Crippen molar-refractivity contribution in [1.29, 1.82) is 0 Å². The standard InChI is InChI=1S/C20H26O7/c1-12(21)18(16(23)10-25-3)20(14-6-8-15(27-5)9-7-14)19(13(2)22)17(24)11-26-4/h6-9,18-20H,10-11H2,1-5H3. The molecule has 0 aliphatic carbocycles. The Morgan fingerprint density at radius 2 is 1.19 bits per heavy atom. The summed E-state index contributed by atoms with van der Waals surface area (Å²) in [5.41, 5.74) is 0.519. The quantitative estimate of drug-likeness (QED) is 0.510. The normalized spacial score (nSPS) is 14.1. The molecule has 1 aromatic rings. The van der Waals surface area contributed by atoms with Gasteiger partial charge in [0.2, 0.25) is 0 Å². The zero-order chi connectivity index (χ0) is 20.6. The van der Waals surface area contributed by atoms with E-state index in [0.717, 1.165) is 0 Å². The van der Waals surface area contributed by atoms with Crippen LogP contribution in [0.2, 0.25) is 0 Å². The Kier molecular flexibility index (Phi) is 8.97. The Hall–Kier alpha value is -2.38. The highest BCUT2D eigenvalue weighted by atomic mass is 16.5. The minimum atomic E-state index is -1.19. The highest BCUT2D eigenvalue weighted by Gasteiger charge is 2.43. The molecule has 0 radical (unpaired) electrons. The van der Waals surface area contributed by atoms with Gasteiger partial charge in [-0.15, -0.1) is 0 Å². The van der Waals surface area contributed by atoms with Gasteiger partial charge in [0.15, 0.2) is 11.6 Å². The summed E-state index contributed by atoms with van der Waals surface area (Å²) in [7, 11) is 4.19. The van der Waals surface area contributed by atoms with E-state index in [2.05, 4.69) is 0 Å². The van der Waals surface area contributed by atoms with Crippen LogP contribution < -0.4 is 4.74 Å². The molecular weight excluding hydrogens is 352 g/mol. The van der Waals surface area contributed by atoms with Gasteiger partial charge in [0.1, 0.15) is 30.5 Å². The maximum Gasteiger partial charge on any atom is 0.169 e. The summed E-state index contributed by atoms with van der Waals surface area (Å²) in [6.45, 7) is 1.96. The second-order valence-electron chi connectivity index (χ2n) is 6.27. The average Bonchev–Trinajstić information content (AvgIpc) is 2.61. The van der Waals surface area contributed by atoms with Crippen LogP contribution in [0.15, 0.2) is 24.3 Å². The third-order valence-electron chi connectivity index (χ3n) is 4.36. The van der Waals surface area contributed by atoms with Crippen molar-refractivity contribution in [3.05, 3.63) is 29.8 Å². The molecule has 0 aliphatic rings. The van der Waals surface area contributed by atoms with Crippen molar-refractivity contribution in [2.24, 2.45) is 11.8 Å². The third-order valence-corrected chi connectivity index (χ3v) is 4.36. The van der Waals surface area contributed by atoms with Crippen LogP contribution in [0.3, 0.4) is 0 Å². The van der Waals surface area contributed by atoms with Crippen molar-refractivity contribution in [2.75, 3.05) is 34.5 Å². The molecular formula is C20H26O7. The number of carbonyl (C=O) groups excluding carboxylic acids is 4. The highest BCUT2D eigenvalue weighted by Crippen LogP contribution is 2.36. The molecule has 1 rings (SSSR count). The summed E-state index contributed by atoms with van der Waals surface area (Å²) in [6.07, 6.45) is 0. The Bertz CT molecular complexity index is 642. The van der Waals surface area contributed by atoms with E-state index in [1.807, 2.05) is 0 Å². The number of hydrogen-bond acceptors (Lipinski definition) is 7. The molecule has 0 aromatic heterocycles. The van der Waals surface area contributed by atoms with E-state index >= 15 is 0 Å². The maximum atomic E-state index is 12.6. The molecule has 0 N–H and O–H groups in total. The third kappa shape index (κ3) is 5.80. The fourth-order valence-electron chi connectivity index (χ4n) is 3.23. The van der Waals surface area contributed by atoms with Crippen molar-refractivity contribution in [3.8, 4) is 5.75 Å². The van der Waals surface area contributed by atoms with Gasteiger partial charge in [-0.3, -0.25) is 19.2 Å². The molecule has 0 fully saturated rings. The van der Waals surface area contributed by atoms with Gasteiger partial charge >= 0.3 is 0 Å². The summed E-state index contributed by atoms with van der Waals surface area (Å²) >= 11 is 0. The molecule has 7 nitrogen and oxygen atoms in total. The fourth-order valence-corrected chi connectivity index (χ4v) is 3.23. The van der Waals surface area contributed by atoms with Gasteiger partial charge in [-0.1, -0.05) is 12.1 Å². The maximum absolute atomic E-state index is 12.6. The smallest absolute Gasteiger partial charge is 0.169 e. The molecule has 0 heterocycles. The largest absolute Gasteiger partial charge is 0.497 e. The molecule has 0 saturated heterocycles. The number of ether oxygens (including phenoxy) is 3. The van der Waals surface area contributed by atoms with Crippen molar-refractivity contribution < 1.29 is 33.4 Å². The Labute approximate surface area is 159 Å². The average molecular weight is 378 g/mol. The topological polar surface area (TPSA) is 96.0 Å². The van der Waals surface area contributed by atoms with Crippen LogP contribution in [0.4, 0.5) is 0 Å². The van der Waals surface area contributed by atoms with Gasteiger partial charge < -0.3 is 14.2 Å². The molecule has 148 valence electrons. The molecule has 0 bridgehead atoms. The van der Waals surface area contributed by atoms with Gasteiger partial charge in [0, 0.05) is 20.1 Å². The molecule has 2 unspecified atom stereocenters. The molecule has 2 atom stereocenters. The molecule has 27 heavy (non-hydrogen) atoms. The van der Waals surface area contributed by atoms with E-state index < -0.39 is 40.9 Å². The van der Waals surface area contributed by atoms with Crippen molar-refractivity contribution in [1.82, 2.24) is 0 Å². The second-order valence-corrected chi connectivity index (χ2v) is 6.27. The van der Waals surface area contributed by atoms with Crippen LogP contribution in [0, 0.1) is 11.8 Å². The first-order valence-electron chi connectivity index (χ1n) is 8.46. The van der Waals surface area contributed by atoms with Crippen LogP contribution in [0.5, 0.6) is 5.75 Å². The number of Topliss-reactive ketones (excluding diaryl/α,β-unsaturated/α-hetero) is 4. The number of benzene rings is 1. The van der Waals surface area contributed by atoms with Crippen LogP contribution >= 0.6 is 0 Å². The van der Waals surface area contributed by atoms with Crippen molar-refractivity contribution >= 4 is 23.1 Å². The molecule has 0 aliphatic heterocycles. The molecule has 1 aromatic carbocycles. The predicted molar refractivity (Wildman–Crippen MR) is 97.8 cm³/mol. The van der Waals surface area contributed by atoms with E-state index in [1.165, 1.54) is 35.2 Å². The lowest BCUT2D eigenvalue weighted by Gasteiger charge is -2.30. The second kappa shape index (κ2) is 10.7. The van der Waals surface area contributed by atoms with Crippen LogP contribution in [0.1, 0.15) is 25.3 Å². The number of methoxy groups -OCH3 is 3. The Balaban J connectivity index is 3.56. The summed E-state index contributed by atoms with van der Waals surface area (Å²) in [5, 5.41) is 0. The van der Waals surface area contributed by atoms with E-state index in [4.69, 9.17) is 14.2 Å². The summed E-state index contributed by atoms with van der Waals surface area (Å²) in [5.74, 6) is -4.59. The van der Waals surface area contributed by atoms with Gasteiger partial charge in [0.05, 0.1) is 18.9 Å². The van der Waals surface area contributed by atoms with Gasteiger partial charge in [-0.25, -0.2) is 0 Å². The van der Waals surface area contributed by atoms with Crippen LogP contribution in [-0.4, -0.2) is 57.7 Å². The van der Waals surface area contributed by atoms with Crippen LogP contribution in [-0.2, 0) is 28.7 Å². The Morgan fingerprint density at radius 3 is 1.48 bits per heavy atom. The first-order valence-corrected chi connectivity index (χ1v) is 8.46. The van der Waals surface area contributed by atoms with Gasteiger partial charge in [-0.05, 0) is 31.5 Å². The number of carbonyl (C=O) groups is 4. The number of hydrogen-bond donors (Lipinski definition) is 0. The summed E-state index contributed by atoms with van der Waals surface area (Å²) < 4.78 is 14.9. The minimum absolute atomic E-state index is 0.292. The monoisotopic (exact) mass is 378 g/mol.